The third-order valence-electron chi connectivity index (χ3n) is 3.34. The molecule has 1 aromatic carbocycles. The van der Waals surface area contributed by atoms with Crippen molar-refractivity contribution in [2.45, 2.75) is 30.7 Å². The van der Waals surface area contributed by atoms with E-state index in [1.807, 2.05) is 6.92 Å². The Bertz CT molecular complexity index is 537. The number of nitrogens with one attached hydrogen (secondary N) is 2. The Morgan fingerprint density at radius 1 is 1.32 bits per heavy atom. The first-order chi connectivity index (χ1) is 9.03. The standard InChI is InChI=1S/C13H20N2O3S/c1-10-9-12(3-4-13(10)18-2)19(16,17)15-11-5-7-14-8-6-11/h3-4,9,11,14-15H,5-8H2,1-2H3. The van der Waals surface area contributed by atoms with E-state index in [0.29, 0.717) is 10.6 Å². The second-order valence-corrected chi connectivity index (χ2v) is 6.49. The first kappa shape index (κ1) is 14.3. The number of benzene rings is 1. The number of hydrogen-bond donors (Lipinski definition) is 2. The van der Waals surface area contributed by atoms with Crippen molar-refractivity contribution in [1.82, 2.24) is 10.0 Å². The van der Waals surface area contributed by atoms with Gasteiger partial charge in [0.25, 0.3) is 0 Å². The first-order valence-electron chi connectivity index (χ1n) is 6.40. The van der Waals surface area contributed by atoms with E-state index in [9.17, 15) is 8.42 Å². The van der Waals surface area contributed by atoms with Crippen molar-refractivity contribution in [3.05, 3.63) is 23.8 Å². The van der Waals surface area contributed by atoms with Crippen molar-refractivity contribution in [2.24, 2.45) is 0 Å². The van der Waals surface area contributed by atoms with E-state index in [-0.39, 0.29) is 6.04 Å². The van der Waals surface area contributed by atoms with Gasteiger partial charge in [-0.3, -0.25) is 0 Å². The molecule has 1 aliphatic heterocycles. The molecule has 0 bridgehead atoms. The number of ether oxygens (including phenoxy) is 1. The lowest BCUT2D eigenvalue weighted by molar-refractivity contribution is 0.411. The summed E-state index contributed by atoms with van der Waals surface area (Å²) < 4.78 is 32.5. The fourth-order valence-electron chi connectivity index (χ4n) is 2.25. The van der Waals surface area contributed by atoms with Gasteiger partial charge in [-0.15, -0.1) is 0 Å². The van der Waals surface area contributed by atoms with Gasteiger partial charge in [0.05, 0.1) is 12.0 Å². The highest BCUT2D eigenvalue weighted by Crippen LogP contribution is 2.21. The Morgan fingerprint density at radius 2 is 2.00 bits per heavy atom. The summed E-state index contributed by atoms with van der Waals surface area (Å²) >= 11 is 0. The molecule has 6 heteroatoms. The second-order valence-electron chi connectivity index (χ2n) is 4.78. The van der Waals surface area contributed by atoms with Crippen LogP contribution >= 0.6 is 0 Å². The van der Waals surface area contributed by atoms with E-state index >= 15 is 0 Å². The summed E-state index contributed by atoms with van der Waals surface area (Å²) in [7, 11) is -1.87. The van der Waals surface area contributed by atoms with Gasteiger partial charge >= 0.3 is 0 Å². The molecule has 0 aliphatic carbocycles. The molecule has 2 rings (SSSR count). The number of hydrogen-bond acceptors (Lipinski definition) is 4. The average Bonchev–Trinajstić information content (AvgIpc) is 2.39. The number of methoxy groups -OCH3 is 1. The van der Waals surface area contributed by atoms with Gasteiger partial charge < -0.3 is 10.1 Å². The Morgan fingerprint density at radius 3 is 2.58 bits per heavy atom. The topological polar surface area (TPSA) is 67.4 Å². The lowest BCUT2D eigenvalue weighted by Gasteiger charge is -2.23. The monoisotopic (exact) mass is 284 g/mol. The number of piperidine rings is 1. The summed E-state index contributed by atoms with van der Waals surface area (Å²) in [5.41, 5.74) is 0.815. The zero-order valence-electron chi connectivity index (χ0n) is 11.3. The quantitative estimate of drug-likeness (QED) is 0.867. The van der Waals surface area contributed by atoms with E-state index in [1.54, 1.807) is 25.3 Å². The zero-order valence-corrected chi connectivity index (χ0v) is 12.1. The maximum Gasteiger partial charge on any atom is 0.240 e. The van der Waals surface area contributed by atoms with Crippen molar-refractivity contribution >= 4 is 10.0 Å². The fourth-order valence-corrected chi connectivity index (χ4v) is 3.64. The molecular weight excluding hydrogens is 264 g/mol. The zero-order chi connectivity index (χ0) is 13.9. The van der Waals surface area contributed by atoms with Gasteiger partial charge in [0.1, 0.15) is 5.75 Å². The van der Waals surface area contributed by atoms with Crippen LogP contribution in [0.15, 0.2) is 23.1 Å². The third-order valence-corrected chi connectivity index (χ3v) is 4.86. The summed E-state index contributed by atoms with van der Waals surface area (Å²) in [6.45, 7) is 3.55. The third kappa shape index (κ3) is 3.46. The van der Waals surface area contributed by atoms with E-state index in [4.69, 9.17) is 4.74 Å². The highest BCUT2D eigenvalue weighted by molar-refractivity contribution is 7.89. The molecule has 0 aromatic heterocycles. The fraction of sp³-hybridized carbons (Fsp3) is 0.538. The summed E-state index contributed by atoms with van der Waals surface area (Å²) in [5.74, 6) is 0.695. The summed E-state index contributed by atoms with van der Waals surface area (Å²) in [6, 6.07) is 4.93. The van der Waals surface area contributed by atoms with E-state index in [2.05, 4.69) is 10.0 Å². The highest BCUT2D eigenvalue weighted by Gasteiger charge is 2.22. The Kier molecular flexibility index (Phi) is 4.44. The highest BCUT2D eigenvalue weighted by atomic mass is 32.2. The van der Waals surface area contributed by atoms with Crippen LogP contribution < -0.4 is 14.8 Å². The average molecular weight is 284 g/mol. The molecule has 0 amide bonds. The predicted molar refractivity (Wildman–Crippen MR) is 73.9 cm³/mol. The second kappa shape index (κ2) is 5.90. The molecule has 19 heavy (non-hydrogen) atoms. The molecule has 1 aromatic rings. The van der Waals surface area contributed by atoms with Crippen molar-refractivity contribution < 1.29 is 13.2 Å². The van der Waals surface area contributed by atoms with Crippen LogP contribution in [0.2, 0.25) is 0 Å². The van der Waals surface area contributed by atoms with Gasteiger partial charge in [-0.2, -0.15) is 0 Å². The smallest absolute Gasteiger partial charge is 0.240 e. The van der Waals surface area contributed by atoms with Crippen LogP contribution in [-0.2, 0) is 10.0 Å². The minimum Gasteiger partial charge on any atom is -0.496 e. The van der Waals surface area contributed by atoms with E-state index in [1.165, 1.54) is 0 Å². The number of sulfonamides is 1. The molecule has 0 atom stereocenters. The molecule has 0 unspecified atom stereocenters. The first-order valence-corrected chi connectivity index (χ1v) is 7.89. The molecule has 1 aliphatic rings. The van der Waals surface area contributed by atoms with Gasteiger partial charge in [0, 0.05) is 6.04 Å². The normalized spacial score (nSPS) is 17.4. The number of rotatable bonds is 4. The lowest BCUT2D eigenvalue weighted by atomic mass is 10.1. The predicted octanol–water partition coefficient (Wildman–Crippen LogP) is 1.03. The van der Waals surface area contributed by atoms with Crippen molar-refractivity contribution in [3.8, 4) is 5.75 Å². The minimum atomic E-state index is -3.44. The minimum absolute atomic E-state index is 0.0219. The summed E-state index contributed by atoms with van der Waals surface area (Å²) in [6.07, 6.45) is 1.66. The molecule has 1 fully saturated rings. The largest absolute Gasteiger partial charge is 0.496 e. The van der Waals surface area contributed by atoms with Gasteiger partial charge in [-0.05, 0) is 56.6 Å². The lowest BCUT2D eigenvalue weighted by Crippen LogP contribution is -2.42. The summed E-state index contributed by atoms with van der Waals surface area (Å²) in [4.78, 5) is 0.296. The van der Waals surface area contributed by atoms with Gasteiger partial charge in [0.15, 0.2) is 0 Å². The van der Waals surface area contributed by atoms with Gasteiger partial charge in [-0.1, -0.05) is 0 Å². The van der Waals surface area contributed by atoms with Crippen molar-refractivity contribution in [1.29, 1.82) is 0 Å². The van der Waals surface area contributed by atoms with Crippen LogP contribution in [0.5, 0.6) is 5.75 Å². The van der Waals surface area contributed by atoms with E-state index < -0.39 is 10.0 Å². The summed E-state index contributed by atoms with van der Waals surface area (Å²) in [5, 5.41) is 3.21. The molecule has 0 spiro atoms. The SMILES string of the molecule is COc1ccc(S(=O)(=O)NC2CCNCC2)cc1C. The van der Waals surface area contributed by atoms with Crippen molar-refractivity contribution in [2.75, 3.05) is 20.2 Å². The van der Waals surface area contributed by atoms with Gasteiger partial charge in [-0.25, -0.2) is 13.1 Å². The number of aryl methyl sites for hydroxylation is 1. The molecular formula is C13H20N2O3S. The van der Waals surface area contributed by atoms with Crippen LogP contribution in [0.25, 0.3) is 0 Å². The van der Waals surface area contributed by atoms with E-state index in [0.717, 1.165) is 31.5 Å². The molecule has 0 radical (unpaired) electrons. The Hall–Kier alpha value is -1.11. The Balaban J connectivity index is 2.16. The Labute approximate surface area is 114 Å². The van der Waals surface area contributed by atoms with Crippen LogP contribution in [-0.4, -0.2) is 34.7 Å². The molecule has 106 valence electrons. The van der Waals surface area contributed by atoms with Crippen LogP contribution in [0.4, 0.5) is 0 Å². The van der Waals surface area contributed by atoms with Crippen LogP contribution in [0, 0.1) is 6.92 Å². The van der Waals surface area contributed by atoms with Crippen LogP contribution in [0.1, 0.15) is 18.4 Å². The molecule has 1 saturated heterocycles. The molecule has 0 saturated carbocycles. The molecule has 2 N–H and O–H groups in total. The maximum absolute atomic E-state index is 12.3. The molecule has 5 nitrogen and oxygen atoms in total. The van der Waals surface area contributed by atoms with Crippen molar-refractivity contribution in [3.63, 3.8) is 0 Å². The van der Waals surface area contributed by atoms with Gasteiger partial charge in [0.2, 0.25) is 10.0 Å². The maximum atomic E-state index is 12.3. The molecule has 1 heterocycles. The van der Waals surface area contributed by atoms with Crippen LogP contribution in [0.3, 0.4) is 0 Å².